The van der Waals surface area contributed by atoms with Crippen LogP contribution in [0.5, 0.6) is 5.75 Å². The predicted molar refractivity (Wildman–Crippen MR) is 43.4 cm³/mol. The van der Waals surface area contributed by atoms with E-state index in [1.807, 2.05) is 18.2 Å². The molecule has 0 saturated carbocycles. The fourth-order valence-corrected chi connectivity index (χ4v) is 1.09. The molecule has 12 heavy (non-hydrogen) atoms. The monoisotopic (exact) mass is 209 g/mol. The molecule has 0 aliphatic rings. The number of hydrogen-bond acceptors (Lipinski definition) is 2. The van der Waals surface area contributed by atoms with Crippen LogP contribution in [-0.4, -0.2) is 10.1 Å². The number of aromatic hydroxyl groups is 1. The Balaban J connectivity index is 0.000000720. The Hall–Kier alpha value is -1.05. The van der Waals surface area contributed by atoms with Gasteiger partial charge in [0.1, 0.15) is 11.3 Å². The summed E-state index contributed by atoms with van der Waals surface area (Å²) in [6.07, 6.45) is 1.67. The van der Waals surface area contributed by atoms with Gasteiger partial charge in [-0.25, -0.2) is 0 Å². The number of aromatic nitrogens is 1. The molecule has 1 heterocycles. The molecule has 0 amide bonds. The minimum absolute atomic E-state index is 0. The van der Waals surface area contributed by atoms with E-state index in [1.54, 1.807) is 18.3 Å². The van der Waals surface area contributed by atoms with Gasteiger partial charge in [0.05, 0.1) is 0 Å². The van der Waals surface area contributed by atoms with Crippen LogP contribution in [0.2, 0.25) is 0 Å². The molecule has 0 spiro atoms. The topological polar surface area (TPSA) is 33.1 Å². The van der Waals surface area contributed by atoms with Crippen molar-refractivity contribution in [1.82, 2.24) is 4.98 Å². The number of fused-ring (bicyclic) bond motifs is 1. The summed E-state index contributed by atoms with van der Waals surface area (Å²) in [6, 6.07) is 9.13. The summed E-state index contributed by atoms with van der Waals surface area (Å²) in [5.74, 6) is 0.239. The van der Waals surface area contributed by atoms with Crippen LogP contribution in [0.15, 0.2) is 36.5 Å². The largest absolute Gasteiger partial charge is 0.506 e. The van der Waals surface area contributed by atoms with E-state index in [-0.39, 0.29) is 22.8 Å². The van der Waals surface area contributed by atoms with E-state index in [0.717, 1.165) is 5.39 Å². The quantitative estimate of drug-likeness (QED) is 0.672. The van der Waals surface area contributed by atoms with Crippen LogP contribution in [0.25, 0.3) is 10.9 Å². The van der Waals surface area contributed by atoms with Crippen LogP contribution in [0.4, 0.5) is 0 Å². The van der Waals surface area contributed by atoms with Crippen molar-refractivity contribution < 1.29 is 22.2 Å². The first-order chi connectivity index (χ1) is 5.38. The molecular formula is C9H7CuNO. The molecule has 0 bridgehead atoms. The second kappa shape index (κ2) is 3.57. The average Bonchev–Trinajstić information content (AvgIpc) is 2.06. The number of hydrogen-bond donors (Lipinski definition) is 1. The van der Waals surface area contributed by atoms with Gasteiger partial charge in [0.15, 0.2) is 0 Å². The molecule has 1 aromatic carbocycles. The molecule has 65 valence electrons. The van der Waals surface area contributed by atoms with Gasteiger partial charge >= 0.3 is 0 Å². The van der Waals surface area contributed by atoms with Gasteiger partial charge in [0.25, 0.3) is 0 Å². The Bertz CT molecular complexity index is 384. The summed E-state index contributed by atoms with van der Waals surface area (Å²) in [5.41, 5.74) is 0.662. The van der Waals surface area contributed by atoms with Gasteiger partial charge in [-0.05, 0) is 12.1 Å². The number of phenols is 1. The van der Waals surface area contributed by atoms with Crippen LogP contribution < -0.4 is 0 Å². The molecule has 0 saturated heterocycles. The molecule has 1 N–H and O–H groups in total. The second-order valence-electron chi connectivity index (χ2n) is 2.35. The van der Waals surface area contributed by atoms with Crippen LogP contribution >= 0.6 is 0 Å². The molecule has 0 atom stereocenters. The van der Waals surface area contributed by atoms with E-state index < -0.39 is 0 Å². The summed E-state index contributed by atoms with van der Waals surface area (Å²) in [4.78, 5) is 4.03. The summed E-state index contributed by atoms with van der Waals surface area (Å²) in [6.45, 7) is 0. The first-order valence-electron chi connectivity index (χ1n) is 3.40. The van der Waals surface area contributed by atoms with E-state index in [4.69, 9.17) is 0 Å². The van der Waals surface area contributed by atoms with Crippen molar-refractivity contribution in [2.75, 3.05) is 0 Å². The molecule has 2 nitrogen and oxygen atoms in total. The van der Waals surface area contributed by atoms with Gasteiger partial charge < -0.3 is 5.11 Å². The number of pyridine rings is 1. The van der Waals surface area contributed by atoms with Crippen LogP contribution in [-0.2, 0) is 17.1 Å². The molecule has 0 fully saturated rings. The molecular weight excluding hydrogens is 202 g/mol. The predicted octanol–water partition coefficient (Wildman–Crippen LogP) is 1.94. The summed E-state index contributed by atoms with van der Waals surface area (Å²) >= 11 is 0. The Morgan fingerprint density at radius 3 is 2.58 bits per heavy atom. The number of benzene rings is 1. The van der Waals surface area contributed by atoms with Gasteiger partial charge in [0, 0.05) is 28.7 Å². The third kappa shape index (κ3) is 1.42. The third-order valence-electron chi connectivity index (χ3n) is 1.61. The fraction of sp³-hybridized carbons (Fsp3) is 0. The van der Waals surface area contributed by atoms with E-state index in [1.165, 1.54) is 0 Å². The maximum Gasteiger partial charge on any atom is 0.141 e. The average molecular weight is 209 g/mol. The summed E-state index contributed by atoms with van der Waals surface area (Å²) in [7, 11) is 0. The standard InChI is InChI=1S/C9H7NO.Cu/c11-8-5-1-3-7-4-2-6-10-9(7)8;/h1-6,11H;/i;1+0. The van der Waals surface area contributed by atoms with Crippen molar-refractivity contribution >= 4 is 10.9 Å². The Morgan fingerprint density at radius 1 is 1.08 bits per heavy atom. The third-order valence-corrected chi connectivity index (χ3v) is 1.61. The smallest absolute Gasteiger partial charge is 0.141 e. The van der Waals surface area contributed by atoms with Crippen LogP contribution in [0, 0.1) is 0 Å². The van der Waals surface area contributed by atoms with E-state index in [9.17, 15) is 5.11 Å². The normalized spacial score (nSPS) is 9.33. The summed E-state index contributed by atoms with van der Waals surface area (Å²) < 4.78 is 0. The molecule has 0 unspecified atom stereocenters. The summed E-state index contributed by atoms with van der Waals surface area (Å²) in [5, 5.41) is 10.3. The fourth-order valence-electron chi connectivity index (χ4n) is 1.09. The van der Waals surface area contributed by atoms with Gasteiger partial charge in [-0.1, -0.05) is 18.2 Å². The zero-order valence-corrected chi connectivity index (χ0v) is 7.10. The van der Waals surface area contributed by atoms with Crippen molar-refractivity contribution in [3.05, 3.63) is 36.5 Å². The number of para-hydroxylation sites is 1. The van der Waals surface area contributed by atoms with Crippen LogP contribution in [0.1, 0.15) is 0 Å². The Morgan fingerprint density at radius 2 is 1.83 bits per heavy atom. The number of rotatable bonds is 0. The van der Waals surface area contributed by atoms with Gasteiger partial charge in [-0.2, -0.15) is 0 Å². The maximum absolute atomic E-state index is 9.31. The van der Waals surface area contributed by atoms with Gasteiger partial charge in [-0.15, -0.1) is 0 Å². The van der Waals surface area contributed by atoms with Crippen molar-refractivity contribution in [1.29, 1.82) is 0 Å². The molecule has 2 rings (SSSR count). The minimum atomic E-state index is 0. The zero-order valence-electron chi connectivity index (χ0n) is 6.16. The van der Waals surface area contributed by atoms with Crippen molar-refractivity contribution in [3.8, 4) is 5.75 Å². The van der Waals surface area contributed by atoms with Crippen molar-refractivity contribution in [2.45, 2.75) is 0 Å². The molecule has 3 heteroatoms. The number of phenolic OH excluding ortho intramolecular Hbond substituents is 1. The molecule has 2 aromatic rings. The van der Waals surface area contributed by atoms with E-state index in [0.29, 0.717) is 5.52 Å². The molecule has 0 aliphatic heterocycles. The molecule has 0 aliphatic carbocycles. The van der Waals surface area contributed by atoms with Crippen molar-refractivity contribution in [2.24, 2.45) is 0 Å². The second-order valence-corrected chi connectivity index (χ2v) is 2.35. The Labute approximate surface area is 80.7 Å². The molecule has 1 radical (unpaired) electrons. The van der Waals surface area contributed by atoms with E-state index in [2.05, 4.69) is 4.98 Å². The van der Waals surface area contributed by atoms with E-state index >= 15 is 0 Å². The zero-order chi connectivity index (χ0) is 7.68. The van der Waals surface area contributed by atoms with Gasteiger partial charge in [0.2, 0.25) is 0 Å². The first-order valence-corrected chi connectivity index (χ1v) is 3.40. The Kier molecular flexibility index (Phi) is 2.69. The van der Waals surface area contributed by atoms with Gasteiger partial charge in [-0.3, -0.25) is 4.98 Å². The van der Waals surface area contributed by atoms with Crippen molar-refractivity contribution in [3.63, 3.8) is 0 Å². The maximum atomic E-state index is 9.31. The minimum Gasteiger partial charge on any atom is -0.506 e. The molecule has 1 aromatic heterocycles. The first kappa shape index (κ1) is 9.04. The number of nitrogens with zero attached hydrogens (tertiary/aromatic N) is 1. The van der Waals surface area contributed by atoms with Crippen LogP contribution in [0.3, 0.4) is 0 Å². The SMILES string of the molecule is Oc1cccc2cccnc12.[64Cu].